The zero-order valence-corrected chi connectivity index (χ0v) is 19.3. The van der Waals surface area contributed by atoms with Crippen LogP contribution in [0.15, 0.2) is 48.0 Å². The minimum atomic E-state index is -1.82. The zero-order chi connectivity index (χ0) is 25.0. The van der Waals surface area contributed by atoms with Crippen LogP contribution in [-0.2, 0) is 16.0 Å². The third-order valence-corrected chi connectivity index (χ3v) is 5.52. The molecule has 2 aromatic carbocycles. The molecule has 0 bridgehead atoms. The maximum Gasteiger partial charge on any atom is 0.335 e. The van der Waals surface area contributed by atoms with Crippen molar-refractivity contribution >= 4 is 18.1 Å². The molecule has 182 valence electrons. The molecule has 0 aliphatic carbocycles. The lowest BCUT2D eigenvalue weighted by Gasteiger charge is -2.38. The number of hydrogen-bond acceptors (Lipinski definition) is 7. The van der Waals surface area contributed by atoms with Crippen molar-refractivity contribution in [3.63, 3.8) is 0 Å². The molecule has 5 atom stereocenters. The molecule has 5 N–H and O–H groups in total. The first-order chi connectivity index (χ1) is 16.1. The fourth-order valence-corrected chi connectivity index (χ4v) is 3.51. The lowest BCUT2D eigenvalue weighted by Crippen LogP contribution is -2.61. The highest BCUT2D eigenvalue weighted by atomic mass is 16.7. The monoisotopic (exact) mass is 470 g/mol. The number of phenols is 1. The Balaban J connectivity index is 1.96. The number of carbonyl (C=O) groups is 1. The highest BCUT2D eigenvalue weighted by Crippen LogP contribution is 2.34. The Morgan fingerprint density at radius 3 is 2.26 bits per heavy atom. The molecular weight excluding hydrogens is 440 g/mol. The van der Waals surface area contributed by atoms with Gasteiger partial charge in [0.2, 0.25) is 6.29 Å². The molecule has 8 heteroatoms. The van der Waals surface area contributed by atoms with Crippen molar-refractivity contribution in [2.45, 2.75) is 57.9 Å². The lowest BCUT2D eigenvalue weighted by atomic mass is 9.98. The number of aliphatic hydroxyl groups excluding tert-OH is 3. The van der Waals surface area contributed by atoms with Gasteiger partial charge >= 0.3 is 5.97 Å². The predicted molar refractivity (Wildman–Crippen MR) is 126 cm³/mol. The van der Waals surface area contributed by atoms with E-state index in [1.165, 1.54) is 0 Å². The van der Waals surface area contributed by atoms with Crippen molar-refractivity contribution in [1.82, 2.24) is 0 Å². The third-order valence-electron chi connectivity index (χ3n) is 5.52. The van der Waals surface area contributed by atoms with E-state index in [0.29, 0.717) is 17.5 Å². The van der Waals surface area contributed by atoms with Gasteiger partial charge in [-0.05, 0) is 50.5 Å². The Bertz CT molecular complexity index is 1070. The van der Waals surface area contributed by atoms with Crippen LogP contribution in [0.1, 0.15) is 36.1 Å². The number of aliphatic carboxylic acids is 1. The summed E-state index contributed by atoms with van der Waals surface area (Å²) >= 11 is 0. The van der Waals surface area contributed by atoms with Crippen molar-refractivity contribution < 1.29 is 39.8 Å². The number of phenolic OH excluding ortho intramolecular Hbond substituents is 1. The van der Waals surface area contributed by atoms with Crippen molar-refractivity contribution in [1.29, 1.82) is 0 Å². The van der Waals surface area contributed by atoms with Crippen LogP contribution in [0.25, 0.3) is 12.2 Å². The van der Waals surface area contributed by atoms with Gasteiger partial charge in [0.05, 0.1) is 0 Å². The summed E-state index contributed by atoms with van der Waals surface area (Å²) in [7, 11) is 0. The number of rotatable bonds is 7. The van der Waals surface area contributed by atoms with Gasteiger partial charge in [-0.1, -0.05) is 53.6 Å². The molecule has 34 heavy (non-hydrogen) atoms. The minimum Gasteiger partial charge on any atom is -0.507 e. The van der Waals surface area contributed by atoms with Gasteiger partial charge in [-0.3, -0.25) is 0 Å². The fourth-order valence-electron chi connectivity index (χ4n) is 3.51. The number of carboxylic acid groups (broad SMARTS) is 1. The van der Waals surface area contributed by atoms with Crippen LogP contribution in [0, 0.1) is 6.92 Å². The standard InChI is InChI=1S/C26H30O8/c1-14(2)4-11-18-19(27)12-17(10-9-16-7-5-15(3)6-8-16)13-20(18)33-26-23(30)21(28)22(29)24(34-26)25(31)32/h4-10,12-13,21-24,26-30H,11H2,1-3H3,(H,31,32)/b10-9+/t21-,22-,23?,24?,26+/m0/s1. The van der Waals surface area contributed by atoms with E-state index in [9.17, 15) is 30.3 Å². The van der Waals surface area contributed by atoms with Gasteiger partial charge in [0.15, 0.2) is 6.10 Å². The topological polar surface area (TPSA) is 137 Å². The minimum absolute atomic E-state index is 0.0563. The molecule has 1 aliphatic heterocycles. The van der Waals surface area contributed by atoms with E-state index in [1.54, 1.807) is 18.2 Å². The van der Waals surface area contributed by atoms with Gasteiger partial charge in [0.1, 0.15) is 29.8 Å². The van der Waals surface area contributed by atoms with Gasteiger partial charge in [-0.15, -0.1) is 0 Å². The van der Waals surface area contributed by atoms with Crippen LogP contribution in [0.4, 0.5) is 0 Å². The molecule has 2 unspecified atom stereocenters. The number of benzene rings is 2. The summed E-state index contributed by atoms with van der Waals surface area (Å²) in [6.07, 6.45) is -2.88. The number of allylic oxidation sites excluding steroid dienone is 2. The number of aryl methyl sites for hydroxylation is 1. The fraction of sp³-hybridized carbons (Fsp3) is 0.346. The van der Waals surface area contributed by atoms with Crippen LogP contribution < -0.4 is 4.74 Å². The van der Waals surface area contributed by atoms with Crippen LogP contribution in [0.3, 0.4) is 0 Å². The van der Waals surface area contributed by atoms with Crippen LogP contribution >= 0.6 is 0 Å². The number of aliphatic hydroxyl groups is 3. The Hall–Kier alpha value is -3.17. The molecule has 0 saturated carbocycles. The second kappa shape index (κ2) is 10.8. The molecule has 1 heterocycles. The van der Waals surface area contributed by atoms with Gasteiger partial charge < -0.3 is 35.0 Å². The molecule has 1 fully saturated rings. The Labute approximate surface area is 198 Å². The summed E-state index contributed by atoms with van der Waals surface area (Å²) in [5.74, 6) is -1.41. The van der Waals surface area contributed by atoms with E-state index in [4.69, 9.17) is 9.47 Å². The van der Waals surface area contributed by atoms with E-state index in [1.807, 2.05) is 57.2 Å². The van der Waals surface area contributed by atoms with Gasteiger partial charge in [-0.2, -0.15) is 0 Å². The SMILES string of the molecule is CC(C)=CCc1c(O)cc(/C=C/c2ccc(C)cc2)cc1O[C@@H]1OC(C(=O)O)[C@@H](O)[C@H](O)C1O. The molecule has 8 nitrogen and oxygen atoms in total. The normalized spacial score (nSPS) is 24.7. The maximum atomic E-state index is 11.4. The Morgan fingerprint density at radius 2 is 1.65 bits per heavy atom. The molecule has 0 spiro atoms. The largest absolute Gasteiger partial charge is 0.507 e. The third kappa shape index (κ3) is 6.03. The van der Waals surface area contributed by atoms with Crippen molar-refractivity contribution in [3.8, 4) is 11.5 Å². The molecule has 2 aromatic rings. The maximum absolute atomic E-state index is 11.4. The molecule has 0 radical (unpaired) electrons. The first-order valence-corrected chi connectivity index (χ1v) is 10.9. The second-order valence-electron chi connectivity index (χ2n) is 8.60. The molecule has 3 rings (SSSR count). The Morgan fingerprint density at radius 1 is 1.00 bits per heavy atom. The number of hydrogen-bond donors (Lipinski definition) is 5. The van der Waals surface area contributed by atoms with Crippen molar-refractivity contribution in [2.75, 3.05) is 0 Å². The van der Waals surface area contributed by atoms with Crippen LogP contribution in [0.5, 0.6) is 11.5 Å². The van der Waals surface area contributed by atoms with Gasteiger partial charge in [-0.25, -0.2) is 4.79 Å². The summed E-state index contributed by atoms with van der Waals surface area (Å²) in [6.45, 7) is 5.80. The first kappa shape index (κ1) is 25.5. The van der Waals surface area contributed by atoms with Crippen molar-refractivity contribution in [2.24, 2.45) is 0 Å². The van der Waals surface area contributed by atoms with E-state index in [2.05, 4.69) is 0 Å². The summed E-state index contributed by atoms with van der Waals surface area (Å²) in [5, 5.41) is 50.4. The summed E-state index contributed by atoms with van der Waals surface area (Å²) in [6, 6.07) is 11.1. The number of aromatic hydroxyl groups is 1. The smallest absolute Gasteiger partial charge is 0.335 e. The van der Waals surface area contributed by atoms with Crippen molar-refractivity contribution in [3.05, 3.63) is 70.3 Å². The number of ether oxygens (including phenoxy) is 2. The molecular formula is C26H30O8. The molecule has 1 aliphatic rings. The summed E-state index contributed by atoms with van der Waals surface area (Å²) in [4.78, 5) is 11.4. The summed E-state index contributed by atoms with van der Waals surface area (Å²) < 4.78 is 11.0. The average Bonchev–Trinajstić information content (AvgIpc) is 2.78. The average molecular weight is 471 g/mol. The highest BCUT2D eigenvalue weighted by Gasteiger charge is 2.48. The van der Waals surface area contributed by atoms with Gasteiger partial charge in [0.25, 0.3) is 0 Å². The number of carboxylic acids is 1. The zero-order valence-electron chi connectivity index (χ0n) is 19.3. The van der Waals surface area contributed by atoms with E-state index in [0.717, 1.165) is 16.7 Å². The lowest BCUT2D eigenvalue weighted by molar-refractivity contribution is -0.271. The molecule has 1 saturated heterocycles. The van der Waals surface area contributed by atoms with Crippen LogP contribution in [-0.4, -0.2) is 62.2 Å². The summed E-state index contributed by atoms with van der Waals surface area (Å²) in [5.41, 5.74) is 4.08. The first-order valence-electron chi connectivity index (χ1n) is 10.9. The van der Waals surface area contributed by atoms with Gasteiger partial charge in [0, 0.05) is 5.56 Å². The highest BCUT2D eigenvalue weighted by molar-refractivity contribution is 5.73. The van der Waals surface area contributed by atoms with E-state index >= 15 is 0 Å². The van der Waals surface area contributed by atoms with Crippen LogP contribution in [0.2, 0.25) is 0 Å². The molecule has 0 amide bonds. The van der Waals surface area contributed by atoms with E-state index < -0.39 is 36.7 Å². The second-order valence-corrected chi connectivity index (χ2v) is 8.60. The predicted octanol–water partition coefficient (Wildman–Crippen LogP) is 2.65. The Kier molecular flexibility index (Phi) is 8.11. The molecule has 0 aromatic heterocycles. The van der Waals surface area contributed by atoms with E-state index in [-0.39, 0.29) is 11.5 Å². The quantitative estimate of drug-likeness (QED) is 0.308.